The van der Waals surface area contributed by atoms with E-state index in [0.29, 0.717) is 11.8 Å². The van der Waals surface area contributed by atoms with Gasteiger partial charge in [-0.1, -0.05) is 26.0 Å². The van der Waals surface area contributed by atoms with Gasteiger partial charge in [-0.25, -0.2) is 0 Å². The number of nitrogens with two attached hydrogens (primary N) is 1. The van der Waals surface area contributed by atoms with Gasteiger partial charge in [0.25, 0.3) is 0 Å². The highest BCUT2D eigenvalue weighted by molar-refractivity contribution is 6.00. The van der Waals surface area contributed by atoms with Crippen molar-refractivity contribution in [3.63, 3.8) is 0 Å². The Labute approximate surface area is 103 Å². The molecule has 2 atom stereocenters. The Kier molecular flexibility index (Phi) is 3.36. The van der Waals surface area contributed by atoms with Crippen LogP contribution < -0.4 is 10.6 Å². The Morgan fingerprint density at radius 3 is 2.41 bits per heavy atom. The van der Waals surface area contributed by atoms with Crippen LogP contribution in [0.2, 0.25) is 0 Å². The van der Waals surface area contributed by atoms with Crippen molar-refractivity contribution >= 4 is 11.5 Å². The third kappa shape index (κ3) is 2.60. The summed E-state index contributed by atoms with van der Waals surface area (Å²) in [4.78, 5) is 2.37. The van der Waals surface area contributed by atoms with E-state index in [1.54, 1.807) is 0 Å². The molecule has 1 saturated heterocycles. The second-order valence-electron chi connectivity index (χ2n) is 5.28. The van der Waals surface area contributed by atoms with Gasteiger partial charge in [-0.2, -0.15) is 0 Å². The van der Waals surface area contributed by atoms with Crippen molar-refractivity contribution in [3.8, 4) is 0 Å². The standard InChI is InChI=1S/C14H21N3/c1-10-7-11(2)9-17(8-10)13-6-4-3-5-12(13)14(15)16/h3-6,10-11H,7-9H2,1-2H3,(H3,15,16). The summed E-state index contributed by atoms with van der Waals surface area (Å²) >= 11 is 0. The molecular formula is C14H21N3. The van der Waals surface area contributed by atoms with Crippen LogP contribution in [0, 0.1) is 17.2 Å². The number of amidine groups is 1. The maximum absolute atomic E-state index is 7.65. The first-order chi connectivity index (χ1) is 8.08. The lowest BCUT2D eigenvalue weighted by atomic mass is 9.91. The lowest BCUT2D eigenvalue weighted by Gasteiger charge is -2.37. The molecule has 0 amide bonds. The van der Waals surface area contributed by atoms with Gasteiger partial charge in [0.2, 0.25) is 0 Å². The third-order valence-electron chi connectivity index (χ3n) is 3.40. The third-order valence-corrected chi connectivity index (χ3v) is 3.40. The lowest BCUT2D eigenvalue weighted by Crippen LogP contribution is -2.39. The van der Waals surface area contributed by atoms with Crippen LogP contribution in [-0.4, -0.2) is 18.9 Å². The molecule has 1 aromatic rings. The SMILES string of the molecule is CC1CC(C)CN(c2ccccc2C(=N)N)C1. The molecule has 3 heteroatoms. The van der Waals surface area contributed by atoms with Gasteiger partial charge in [0.1, 0.15) is 5.84 Å². The molecule has 2 unspecified atom stereocenters. The van der Waals surface area contributed by atoms with Crippen LogP contribution in [0.25, 0.3) is 0 Å². The van der Waals surface area contributed by atoms with E-state index in [1.807, 2.05) is 18.2 Å². The van der Waals surface area contributed by atoms with Gasteiger partial charge < -0.3 is 10.6 Å². The van der Waals surface area contributed by atoms with Crippen LogP contribution in [0.1, 0.15) is 25.8 Å². The molecule has 0 spiro atoms. The van der Waals surface area contributed by atoms with Gasteiger partial charge >= 0.3 is 0 Å². The first-order valence-corrected chi connectivity index (χ1v) is 6.26. The Morgan fingerprint density at radius 2 is 1.82 bits per heavy atom. The molecule has 1 aromatic carbocycles. The molecule has 0 radical (unpaired) electrons. The molecule has 0 aliphatic carbocycles. The second kappa shape index (κ2) is 4.78. The van der Waals surface area contributed by atoms with E-state index in [4.69, 9.17) is 11.1 Å². The van der Waals surface area contributed by atoms with Crippen molar-refractivity contribution in [2.45, 2.75) is 20.3 Å². The van der Waals surface area contributed by atoms with Crippen LogP contribution in [0.5, 0.6) is 0 Å². The number of rotatable bonds is 2. The van der Waals surface area contributed by atoms with Gasteiger partial charge in [-0.15, -0.1) is 0 Å². The molecule has 1 aliphatic rings. The number of hydrogen-bond donors (Lipinski definition) is 2. The van der Waals surface area contributed by atoms with E-state index in [0.717, 1.165) is 24.3 Å². The van der Waals surface area contributed by atoms with E-state index >= 15 is 0 Å². The highest BCUT2D eigenvalue weighted by atomic mass is 15.1. The highest BCUT2D eigenvalue weighted by Gasteiger charge is 2.23. The first-order valence-electron chi connectivity index (χ1n) is 6.26. The largest absolute Gasteiger partial charge is 0.384 e. The Morgan fingerprint density at radius 1 is 1.24 bits per heavy atom. The number of piperidine rings is 1. The van der Waals surface area contributed by atoms with E-state index in [2.05, 4.69) is 24.8 Å². The predicted octanol–water partition coefficient (Wildman–Crippen LogP) is 2.45. The maximum atomic E-state index is 7.65. The number of anilines is 1. The van der Waals surface area contributed by atoms with E-state index < -0.39 is 0 Å². The molecule has 1 aliphatic heterocycles. The van der Waals surface area contributed by atoms with Gasteiger partial charge in [0.15, 0.2) is 0 Å². The number of nitrogen functional groups attached to an aromatic ring is 1. The number of benzene rings is 1. The lowest BCUT2D eigenvalue weighted by molar-refractivity contribution is 0.357. The number of nitrogens with one attached hydrogen (secondary N) is 1. The Bertz CT molecular complexity index is 404. The monoisotopic (exact) mass is 231 g/mol. The second-order valence-corrected chi connectivity index (χ2v) is 5.28. The summed E-state index contributed by atoms with van der Waals surface area (Å²) < 4.78 is 0. The van der Waals surface area contributed by atoms with Gasteiger partial charge in [-0.05, 0) is 30.4 Å². The van der Waals surface area contributed by atoms with E-state index in [-0.39, 0.29) is 5.84 Å². The van der Waals surface area contributed by atoms with Crippen LogP contribution in [-0.2, 0) is 0 Å². The van der Waals surface area contributed by atoms with Crippen LogP contribution in [0.4, 0.5) is 5.69 Å². The number of nitrogens with zero attached hydrogens (tertiary/aromatic N) is 1. The number of para-hydroxylation sites is 1. The summed E-state index contributed by atoms with van der Waals surface area (Å²) in [5.41, 5.74) is 7.61. The van der Waals surface area contributed by atoms with Crippen molar-refractivity contribution in [3.05, 3.63) is 29.8 Å². The van der Waals surface area contributed by atoms with Crippen molar-refractivity contribution in [2.24, 2.45) is 17.6 Å². The Hall–Kier alpha value is -1.51. The Balaban J connectivity index is 2.30. The molecule has 1 heterocycles. The summed E-state index contributed by atoms with van der Waals surface area (Å²) in [6.45, 7) is 6.71. The minimum absolute atomic E-state index is 0.159. The number of hydrogen-bond acceptors (Lipinski definition) is 2. The van der Waals surface area contributed by atoms with Crippen molar-refractivity contribution in [1.82, 2.24) is 0 Å². The van der Waals surface area contributed by atoms with E-state index in [9.17, 15) is 0 Å². The summed E-state index contributed by atoms with van der Waals surface area (Å²) in [5.74, 6) is 1.57. The van der Waals surface area contributed by atoms with E-state index in [1.165, 1.54) is 6.42 Å². The van der Waals surface area contributed by atoms with Crippen LogP contribution >= 0.6 is 0 Å². The molecule has 0 bridgehead atoms. The molecule has 3 nitrogen and oxygen atoms in total. The smallest absolute Gasteiger partial charge is 0.124 e. The van der Waals surface area contributed by atoms with Gasteiger partial charge in [-0.3, -0.25) is 5.41 Å². The topological polar surface area (TPSA) is 53.1 Å². The zero-order valence-corrected chi connectivity index (χ0v) is 10.6. The molecule has 1 fully saturated rings. The normalized spacial score (nSPS) is 24.7. The first kappa shape index (κ1) is 12.0. The fourth-order valence-corrected chi connectivity index (χ4v) is 2.84. The van der Waals surface area contributed by atoms with Gasteiger partial charge in [0.05, 0.1) is 0 Å². The molecule has 0 aromatic heterocycles. The molecule has 17 heavy (non-hydrogen) atoms. The zero-order valence-electron chi connectivity index (χ0n) is 10.6. The van der Waals surface area contributed by atoms with Crippen LogP contribution in [0.3, 0.4) is 0 Å². The average Bonchev–Trinajstić information content (AvgIpc) is 2.27. The molecule has 92 valence electrons. The fourth-order valence-electron chi connectivity index (χ4n) is 2.84. The summed E-state index contributed by atoms with van der Waals surface area (Å²) in [6, 6.07) is 7.96. The van der Waals surface area contributed by atoms with Crippen LogP contribution in [0.15, 0.2) is 24.3 Å². The average molecular weight is 231 g/mol. The summed E-state index contributed by atoms with van der Waals surface area (Å²) in [5, 5.41) is 7.65. The molecule has 3 N–H and O–H groups in total. The van der Waals surface area contributed by atoms with Crippen molar-refractivity contribution < 1.29 is 0 Å². The van der Waals surface area contributed by atoms with Crippen molar-refractivity contribution in [1.29, 1.82) is 5.41 Å². The fraction of sp³-hybridized carbons (Fsp3) is 0.500. The van der Waals surface area contributed by atoms with Gasteiger partial charge in [0, 0.05) is 24.3 Å². The maximum Gasteiger partial charge on any atom is 0.124 e. The van der Waals surface area contributed by atoms with Crippen molar-refractivity contribution in [2.75, 3.05) is 18.0 Å². The molecule has 0 saturated carbocycles. The predicted molar refractivity (Wildman–Crippen MR) is 72.6 cm³/mol. The highest BCUT2D eigenvalue weighted by Crippen LogP contribution is 2.28. The molecular weight excluding hydrogens is 210 g/mol. The molecule has 2 rings (SSSR count). The summed E-state index contributed by atoms with van der Waals surface area (Å²) in [7, 11) is 0. The minimum Gasteiger partial charge on any atom is -0.384 e. The quantitative estimate of drug-likeness (QED) is 0.607. The zero-order chi connectivity index (χ0) is 12.4. The minimum atomic E-state index is 0.159. The summed E-state index contributed by atoms with van der Waals surface area (Å²) in [6.07, 6.45) is 1.29.